The van der Waals surface area contributed by atoms with Crippen molar-refractivity contribution in [1.82, 2.24) is 9.80 Å². The summed E-state index contributed by atoms with van der Waals surface area (Å²) in [5.41, 5.74) is 0. The van der Waals surface area contributed by atoms with E-state index in [1.807, 2.05) is 16.7 Å². The highest BCUT2D eigenvalue weighted by molar-refractivity contribution is 5.96. The number of fused-ring (bicyclic) bond motifs is 1. The number of nitrogens with zero attached hydrogens (tertiary/aromatic N) is 2. The van der Waals surface area contributed by atoms with Crippen molar-refractivity contribution in [3.8, 4) is 0 Å². The molecule has 2 aliphatic heterocycles. The van der Waals surface area contributed by atoms with Crippen LogP contribution in [0.2, 0.25) is 0 Å². The molecule has 0 bridgehead atoms. The first-order valence-electron chi connectivity index (χ1n) is 8.79. The Balaban J connectivity index is 1.58. The predicted molar refractivity (Wildman–Crippen MR) is 81.7 cm³/mol. The Bertz CT molecular complexity index is 404. The molecule has 0 spiro atoms. The molecule has 1 aliphatic carbocycles. The fraction of sp³-hybridized carbons (Fsp3) is 0.882. The lowest BCUT2D eigenvalue weighted by molar-refractivity contribution is -0.163. The Hall–Kier alpha value is -1.06. The predicted octanol–water partition coefficient (Wildman–Crippen LogP) is 2.57. The van der Waals surface area contributed by atoms with Crippen LogP contribution in [-0.4, -0.2) is 46.8 Å². The molecule has 2 amide bonds. The first-order valence-corrected chi connectivity index (χ1v) is 8.79. The van der Waals surface area contributed by atoms with Crippen molar-refractivity contribution in [2.75, 3.05) is 13.1 Å². The van der Waals surface area contributed by atoms with Crippen LogP contribution in [0.1, 0.15) is 64.7 Å². The van der Waals surface area contributed by atoms with Gasteiger partial charge in [0.05, 0.1) is 0 Å². The second-order valence-electron chi connectivity index (χ2n) is 7.04. The van der Waals surface area contributed by atoms with E-state index in [4.69, 9.17) is 0 Å². The van der Waals surface area contributed by atoms with Gasteiger partial charge in [-0.15, -0.1) is 0 Å². The molecule has 0 aromatic heterocycles. The van der Waals surface area contributed by atoms with E-state index in [2.05, 4.69) is 0 Å². The maximum atomic E-state index is 12.7. The van der Waals surface area contributed by atoms with E-state index in [0.717, 1.165) is 44.7 Å². The molecule has 0 radical (unpaired) electrons. The molecule has 118 valence electrons. The van der Waals surface area contributed by atoms with Gasteiger partial charge in [-0.3, -0.25) is 9.59 Å². The highest BCUT2D eigenvalue weighted by Crippen LogP contribution is 2.30. The van der Waals surface area contributed by atoms with E-state index in [-0.39, 0.29) is 23.9 Å². The quantitative estimate of drug-likeness (QED) is 0.799. The van der Waals surface area contributed by atoms with Crippen LogP contribution >= 0.6 is 0 Å². The highest BCUT2D eigenvalue weighted by atomic mass is 16.2. The molecule has 0 aromatic carbocycles. The third-order valence-corrected chi connectivity index (χ3v) is 5.67. The number of piperidine rings is 1. The Kier molecular flexibility index (Phi) is 4.51. The van der Waals surface area contributed by atoms with Crippen LogP contribution in [0.3, 0.4) is 0 Å². The Morgan fingerprint density at radius 2 is 1.71 bits per heavy atom. The van der Waals surface area contributed by atoms with Gasteiger partial charge in [0.25, 0.3) is 0 Å². The van der Waals surface area contributed by atoms with Crippen LogP contribution in [0.5, 0.6) is 0 Å². The van der Waals surface area contributed by atoms with Crippen molar-refractivity contribution in [3.63, 3.8) is 0 Å². The maximum absolute atomic E-state index is 12.7. The number of carbonyl (C=O) groups is 2. The monoisotopic (exact) mass is 292 g/mol. The minimum absolute atomic E-state index is 0.158. The molecule has 1 saturated carbocycles. The van der Waals surface area contributed by atoms with Crippen molar-refractivity contribution in [3.05, 3.63) is 0 Å². The molecule has 4 nitrogen and oxygen atoms in total. The van der Waals surface area contributed by atoms with Crippen molar-refractivity contribution < 1.29 is 9.59 Å². The molecular formula is C17H28N2O2. The van der Waals surface area contributed by atoms with Gasteiger partial charge in [0, 0.05) is 13.1 Å². The number of hydrogen-bond donors (Lipinski definition) is 0. The van der Waals surface area contributed by atoms with E-state index in [1.165, 1.54) is 32.1 Å². The van der Waals surface area contributed by atoms with Crippen LogP contribution in [-0.2, 0) is 9.59 Å². The average molecular weight is 292 g/mol. The second kappa shape index (κ2) is 6.37. The number of rotatable bonds is 4. The zero-order valence-electron chi connectivity index (χ0n) is 13.2. The standard InChI is InChI=1S/C17H28N2O2/c1-13-16(20)19-11-5-4-10-15(19)17(21)18(13)12-6-9-14-7-2-3-8-14/h13-15H,2-12H2,1H3. The van der Waals surface area contributed by atoms with Gasteiger partial charge in [0.1, 0.15) is 12.1 Å². The Labute approximate surface area is 127 Å². The van der Waals surface area contributed by atoms with Gasteiger partial charge in [-0.2, -0.15) is 0 Å². The lowest BCUT2D eigenvalue weighted by Gasteiger charge is -2.46. The molecule has 2 unspecified atom stereocenters. The molecule has 3 rings (SSSR count). The summed E-state index contributed by atoms with van der Waals surface area (Å²) < 4.78 is 0. The summed E-state index contributed by atoms with van der Waals surface area (Å²) in [5, 5.41) is 0. The van der Waals surface area contributed by atoms with E-state index in [9.17, 15) is 9.59 Å². The molecule has 0 N–H and O–H groups in total. The Morgan fingerprint density at radius 1 is 1.00 bits per heavy atom. The zero-order chi connectivity index (χ0) is 14.8. The molecule has 2 saturated heterocycles. The van der Waals surface area contributed by atoms with E-state index < -0.39 is 0 Å². The van der Waals surface area contributed by atoms with Crippen LogP contribution in [0.15, 0.2) is 0 Å². The number of amides is 2. The molecule has 3 fully saturated rings. The molecule has 2 heterocycles. The first-order chi connectivity index (χ1) is 10.2. The van der Waals surface area contributed by atoms with Gasteiger partial charge < -0.3 is 9.80 Å². The van der Waals surface area contributed by atoms with Crippen LogP contribution in [0.25, 0.3) is 0 Å². The molecule has 4 heteroatoms. The summed E-state index contributed by atoms with van der Waals surface area (Å²) >= 11 is 0. The number of piperazine rings is 1. The molecule has 2 atom stereocenters. The first kappa shape index (κ1) is 14.9. The minimum Gasteiger partial charge on any atom is -0.329 e. The second-order valence-corrected chi connectivity index (χ2v) is 7.04. The molecule has 0 aromatic rings. The third-order valence-electron chi connectivity index (χ3n) is 5.67. The normalized spacial score (nSPS) is 30.9. The van der Waals surface area contributed by atoms with Crippen LogP contribution in [0, 0.1) is 5.92 Å². The zero-order valence-corrected chi connectivity index (χ0v) is 13.2. The van der Waals surface area contributed by atoms with Crippen LogP contribution in [0.4, 0.5) is 0 Å². The van der Waals surface area contributed by atoms with Gasteiger partial charge >= 0.3 is 0 Å². The summed E-state index contributed by atoms with van der Waals surface area (Å²) in [7, 11) is 0. The molecular weight excluding hydrogens is 264 g/mol. The van der Waals surface area contributed by atoms with E-state index in [0.29, 0.717) is 0 Å². The highest BCUT2D eigenvalue weighted by Gasteiger charge is 2.44. The summed E-state index contributed by atoms with van der Waals surface area (Å²) in [6.07, 6.45) is 10.7. The van der Waals surface area contributed by atoms with Crippen molar-refractivity contribution in [1.29, 1.82) is 0 Å². The summed E-state index contributed by atoms with van der Waals surface area (Å²) in [6, 6.07) is -0.413. The van der Waals surface area contributed by atoms with Crippen molar-refractivity contribution in [2.45, 2.75) is 76.8 Å². The summed E-state index contributed by atoms with van der Waals surface area (Å²) in [6.45, 7) is 3.45. The van der Waals surface area contributed by atoms with E-state index in [1.54, 1.807) is 0 Å². The minimum atomic E-state index is -0.254. The fourth-order valence-electron chi connectivity index (χ4n) is 4.36. The number of carbonyl (C=O) groups excluding carboxylic acids is 2. The lowest BCUT2D eigenvalue weighted by Crippen LogP contribution is -2.65. The van der Waals surface area contributed by atoms with Gasteiger partial charge in [-0.25, -0.2) is 0 Å². The smallest absolute Gasteiger partial charge is 0.246 e. The molecule has 3 aliphatic rings. The van der Waals surface area contributed by atoms with Gasteiger partial charge in [-0.05, 0) is 44.9 Å². The van der Waals surface area contributed by atoms with Gasteiger partial charge in [0.15, 0.2) is 0 Å². The average Bonchev–Trinajstić information content (AvgIpc) is 3.02. The summed E-state index contributed by atoms with van der Waals surface area (Å²) in [5.74, 6) is 1.23. The topological polar surface area (TPSA) is 40.6 Å². The fourth-order valence-corrected chi connectivity index (χ4v) is 4.36. The molecule has 21 heavy (non-hydrogen) atoms. The van der Waals surface area contributed by atoms with Crippen molar-refractivity contribution in [2.24, 2.45) is 5.92 Å². The summed E-state index contributed by atoms with van der Waals surface area (Å²) in [4.78, 5) is 28.8. The van der Waals surface area contributed by atoms with Gasteiger partial charge in [0.2, 0.25) is 11.8 Å². The Morgan fingerprint density at radius 3 is 2.48 bits per heavy atom. The lowest BCUT2D eigenvalue weighted by atomic mass is 9.95. The van der Waals surface area contributed by atoms with E-state index >= 15 is 0 Å². The SMILES string of the molecule is CC1C(=O)N2CCCCC2C(=O)N1CCCC1CCCC1. The largest absolute Gasteiger partial charge is 0.329 e. The van der Waals surface area contributed by atoms with Crippen molar-refractivity contribution >= 4 is 11.8 Å². The van der Waals surface area contributed by atoms with Crippen LogP contribution < -0.4 is 0 Å². The number of hydrogen-bond acceptors (Lipinski definition) is 2. The maximum Gasteiger partial charge on any atom is 0.246 e. The van der Waals surface area contributed by atoms with Gasteiger partial charge in [-0.1, -0.05) is 25.7 Å². The third kappa shape index (κ3) is 2.95.